The van der Waals surface area contributed by atoms with E-state index in [4.69, 9.17) is 4.74 Å². The number of esters is 1. The van der Waals surface area contributed by atoms with E-state index >= 15 is 0 Å². The summed E-state index contributed by atoms with van der Waals surface area (Å²) in [6.07, 6.45) is -0.694. The van der Waals surface area contributed by atoms with Crippen molar-refractivity contribution in [3.8, 4) is 0 Å². The molecule has 134 valence electrons. The zero-order valence-corrected chi connectivity index (χ0v) is 14.9. The van der Waals surface area contributed by atoms with E-state index in [1.54, 1.807) is 6.92 Å². The zero-order valence-electron chi connectivity index (χ0n) is 14.9. The molecule has 0 fully saturated rings. The van der Waals surface area contributed by atoms with Gasteiger partial charge >= 0.3 is 5.97 Å². The minimum absolute atomic E-state index is 0.248. The molecular formula is C21H25FO3. The molecule has 3 nitrogen and oxygen atoms in total. The first-order chi connectivity index (χ1) is 11.9. The lowest BCUT2D eigenvalue weighted by molar-refractivity contribution is -0.152. The number of carbonyl (C=O) groups excluding carboxylic acids is 1. The molecule has 4 heteroatoms. The largest absolute Gasteiger partial charge is 0.466 e. The highest BCUT2D eigenvalue weighted by molar-refractivity contribution is 5.74. The lowest BCUT2D eigenvalue weighted by atomic mass is 9.88. The van der Waals surface area contributed by atoms with Crippen molar-refractivity contribution in [1.82, 2.24) is 0 Å². The Balaban J connectivity index is 2.28. The molecule has 2 aromatic rings. The van der Waals surface area contributed by atoms with E-state index in [9.17, 15) is 14.3 Å². The Morgan fingerprint density at radius 3 is 2.40 bits per heavy atom. The summed E-state index contributed by atoms with van der Waals surface area (Å²) in [6, 6.07) is 13.5. The zero-order chi connectivity index (χ0) is 18.4. The van der Waals surface area contributed by atoms with Crippen LogP contribution in [0.25, 0.3) is 0 Å². The molecule has 0 radical (unpaired) electrons. The summed E-state index contributed by atoms with van der Waals surface area (Å²) in [5.74, 6) is -1.20. The standard InChI is InChI=1S/C21H25FO3/c1-4-25-21(24)19(20(23)16-8-10-18(22)11-9-16)13-15-6-5-7-17(12-15)14(2)3/h5-12,14,19-20,23H,4,13H2,1-3H3. The van der Waals surface area contributed by atoms with E-state index in [2.05, 4.69) is 13.8 Å². The summed E-state index contributed by atoms with van der Waals surface area (Å²) < 4.78 is 18.3. The van der Waals surface area contributed by atoms with Gasteiger partial charge in [0.2, 0.25) is 0 Å². The Morgan fingerprint density at radius 2 is 1.80 bits per heavy atom. The lowest BCUT2D eigenvalue weighted by Crippen LogP contribution is -2.27. The summed E-state index contributed by atoms with van der Waals surface area (Å²) in [7, 11) is 0. The van der Waals surface area contributed by atoms with E-state index in [1.807, 2.05) is 24.3 Å². The molecule has 2 aromatic carbocycles. The molecule has 0 saturated heterocycles. The maximum atomic E-state index is 13.1. The Morgan fingerprint density at radius 1 is 1.12 bits per heavy atom. The summed E-state index contributed by atoms with van der Waals surface area (Å²) in [5, 5.41) is 10.7. The summed E-state index contributed by atoms with van der Waals surface area (Å²) in [6.45, 7) is 6.20. The Hall–Kier alpha value is -2.20. The van der Waals surface area contributed by atoms with Gasteiger partial charge in [-0.05, 0) is 48.1 Å². The van der Waals surface area contributed by atoms with Gasteiger partial charge in [-0.25, -0.2) is 4.39 Å². The van der Waals surface area contributed by atoms with Crippen molar-refractivity contribution in [2.75, 3.05) is 6.61 Å². The van der Waals surface area contributed by atoms with Crippen LogP contribution < -0.4 is 0 Å². The van der Waals surface area contributed by atoms with Crippen molar-refractivity contribution in [2.24, 2.45) is 5.92 Å². The molecule has 0 heterocycles. The molecule has 0 aliphatic heterocycles. The number of aliphatic hydroxyl groups is 1. The van der Waals surface area contributed by atoms with E-state index in [1.165, 1.54) is 29.8 Å². The van der Waals surface area contributed by atoms with Crippen molar-refractivity contribution in [3.05, 3.63) is 71.0 Å². The molecule has 25 heavy (non-hydrogen) atoms. The molecule has 0 bridgehead atoms. The smallest absolute Gasteiger partial charge is 0.312 e. The average molecular weight is 344 g/mol. The highest BCUT2D eigenvalue weighted by Crippen LogP contribution is 2.28. The quantitative estimate of drug-likeness (QED) is 0.757. The van der Waals surface area contributed by atoms with Crippen LogP contribution in [-0.2, 0) is 16.0 Å². The van der Waals surface area contributed by atoms with Crippen molar-refractivity contribution < 1.29 is 19.0 Å². The first kappa shape index (κ1) is 19.1. The van der Waals surface area contributed by atoms with Crippen LogP contribution in [0.1, 0.15) is 49.5 Å². The molecule has 0 saturated carbocycles. The number of halogens is 1. The third-order valence-electron chi connectivity index (χ3n) is 4.26. The fraction of sp³-hybridized carbons (Fsp3) is 0.381. The van der Waals surface area contributed by atoms with Crippen molar-refractivity contribution in [2.45, 2.75) is 39.2 Å². The second-order valence-corrected chi connectivity index (χ2v) is 6.46. The average Bonchev–Trinajstić information content (AvgIpc) is 2.60. The minimum Gasteiger partial charge on any atom is -0.466 e. The summed E-state index contributed by atoms with van der Waals surface area (Å²) in [4.78, 5) is 12.4. The highest BCUT2D eigenvalue weighted by Gasteiger charge is 2.29. The second kappa shape index (κ2) is 8.77. The second-order valence-electron chi connectivity index (χ2n) is 6.46. The Labute approximate surface area is 148 Å². The van der Waals surface area contributed by atoms with E-state index in [0.717, 1.165) is 5.56 Å². The normalized spacial score (nSPS) is 13.5. The van der Waals surface area contributed by atoms with Gasteiger partial charge in [0.1, 0.15) is 5.82 Å². The van der Waals surface area contributed by atoms with Crippen LogP contribution in [-0.4, -0.2) is 17.7 Å². The Bertz CT molecular complexity index is 695. The lowest BCUT2D eigenvalue weighted by Gasteiger charge is -2.22. The van der Waals surface area contributed by atoms with Crippen molar-refractivity contribution >= 4 is 5.97 Å². The van der Waals surface area contributed by atoms with Crippen LogP contribution in [0.15, 0.2) is 48.5 Å². The fourth-order valence-corrected chi connectivity index (χ4v) is 2.80. The van der Waals surface area contributed by atoms with Gasteiger partial charge in [0.25, 0.3) is 0 Å². The van der Waals surface area contributed by atoms with Gasteiger partial charge in [-0.2, -0.15) is 0 Å². The molecule has 0 amide bonds. The molecule has 2 atom stereocenters. The predicted octanol–water partition coefficient (Wildman–Crippen LogP) is 4.40. The number of hydrogen-bond donors (Lipinski definition) is 1. The molecular weight excluding hydrogens is 319 g/mol. The van der Waals surface area contributed by atoms with Crippen LogP contribution in [0.2, 0.25) is 0 Å². The third kappa shape index (κ3) is 5.13. The van der Waals surface area contributed by atoms with Crippen molar-refractivity contribution in [1.29, 1.82) is 0 Å². The number of carbonyl (C=O) groups is 1. The maximum absolute atomic E-state index is 13.1. The number of ether oxygens (including phenoxy) is 1. The van der Waals surface area contributed by atoms with Crippen LogP contribution in [0, 0.1) is 11.7 Å². The van der Waals surface area contributed by atoms with Gasteiger partial charge in [0.05, 0.1) is 18.6 Å². The van der Waals surface area contributed by atoms with Gasteiger partial charge in [-0.15, -0.1) is 0 Å². The van der Waals surface area contributed by atoms with Crippen LogP contribution in [0.5, 0.6) is 0 Å². The van der Waals surface area contributed by atoms with E-state index in [0.29, 0.717) is 17.9 Å². The van der Waals surface area contributed by atoms with E-state index < -0.39 is 18.0 Å². The summed E-state index contributed by atoms with van der Waals surface area (Å²) >= 11 is 0. The number of rotatable bonds is 7. The first-order valence-electron chi connectivity index (χ1n) is 8.61. The molecule has 2 unspecified atom stereocenters. The first-order valence-corrected chi connectivity index (χ1v) is 8.61. The molecule has 1 N–H and O–H groups in total. The van der Waals surface area contributed by atoms with Gasteiger partial charge in [-0.3, -0.25) is 4.79 Å². The number of benzene rings is 2. The molecule has 2 rings (SSSR count). The van der Waals surface area contributed by atoms with Gasteiger partial charge in [0, 0.05) is 0 Å². The predicted molar refractivity (Wildman–Crippen MR) is 95.7 cm³/mol. The number of aliphatic hydroxyl groups excluding tert-OH is 1. The third-order valence-corrected chi connectivity index (χ3v) is 4.26. The van der Waals surface area contributed by atoms with Gasteiger partial charge < -0.3 is 9.84 Å². The number of hydrogen-bond acceptors (Lipinski definition) is 3. The summed E-state index contributed by atoms with van der Waals surface area (Å²) in [5.41, 5.74) is 2.64. The Kier molecular flexibility index (Phi) is 6.71. The van der Waals surface area contributed by atoms with Crippen LogP contribution in [0.3, 0.4) is 0 Å². The fourth-order valence-electron chi connectivity index (χ4n) is 2.80. The molecule has 0 spiro atoms. The molecule has 0 aliphatic rings. The van der Waals surface area contributed by atoms with E-state index in [-0.39, 0.29) is 12.4 Å². The molecule has 0 aromatic heterocycles. The van der Waals surface area contributed by atoms with Gasteiger partial charge in [-0.1, -0.05) is 50.2 Å². The van der Waals surface area contributed by atoms with Crippen LogP contribution >= 0.6 is 0 Å². The van der Waals surface area contributed by atoms with Crippen molar-refractivity contribution in [3.63, 3.8) is 0 Å². The van der Waals surface area contributed by atoms with Gasteiger partial charge in [0.15, 0.2) is 0 Å². The monoisotopic (exact) mass is 344 g/mol. The maximum Gasteiger partial charge on any atom is 0.312 e. The SMILES string of the molecule is CCOC(=O)C(Cc1cccc(C(C)C)c1)C(O)c1ccc(F)cc1. The minimum atomic E-state index is -1.05. The highest BCUT2D eigenvalue weighted by atomic mass is 19.1. The molecule has 0 aliphatic carbocycles. The topological polar surface area (TPSA) is 46.5 Å². The van der Waals surface area contributed by atoms with Crippen LogP contribution in [0.4, 0.5) is 4.39 Å².